The maximum Gasteiger partial charge on any atom is 0.333 e. The molecule has 214 valence electrons. The molecule has 4 amide bonds. The van der Waals surface area contributed by atoms with Crippen LogP contribution in [0.1, 0.15) is 99.3 Å². The Labute approximate surface area is 224 Å². The van der Waals surface area contributed by atoms with Crippen molar-refractivity contribution in [2.75, 3.05) is 6.54 Å². The van der Waals surface area contributed by atoms with Crippen LogP contribution < -0.4 is 10.6 Å². The Morgan fingerprint density at radius 2 is 1.53 bits per heavy atom. The third-order valence-electron chi connectivity index (χ3n) is 6.29. The number of nitrogens with one attached hydrogen (secondary N) is 2. The van der Waals surface area contributed by atoms with Crippen LogP contribution in [-0.4, -0.2) is 58.8 Å². The Balaban J connectivity index is 2.59. The molecule has 38 heavy (non-hydrogen) atoms. The molecule has 2 atom stereocenters. The van der Waals surface area contributed by atoms with Gasteiger partial charge in [-0.2, -0.15) is 0 Å². The van der Waals surface area contributed by atoms with Crippen molar-refractivity contribution >= 4 is 41.2 Å². The second kappa shape index (κ2) is 15.3. The fourth-order valence-corrected chi connectivity index (χ4v) is 4.02. The molecular weight excluding hydrogens is 494 g/mol. The van der Waals surface area contributed by atoms with Crippen LogP contribution in [0.15, 0.2) is 0 Å². The largest absolute Gasteiger partial charge is 0.356 e. The highest BCUT2D eigenvalue weighted by Gasteiger charge is 2.34. The van der Waals surface area contributed by atoms with Gasteiger partial charge in [-0.05, 0) is 31.6 Å². The molecule has 0 radical (unpaired) electrons. The van der Waals surface area contributed by atoms with Crippen LogP contribution in [0.3, 0.4) is 0 Å². The van der Waals surface area contributed by atoms with Crippen molar-refractivity contribution in [3.63, 3.8) is 0 Å². The smallest absolute Gasteiger partial charge is 0.333 e. The van der Waals surface area contributed by atoms with Gasteiger partial charge < -0.3 is 15.5 Å². The second-order valence-electron chi connectivity index (χ2n) is 11.1. The summed E-state index contributed by atoms with van der Waals surface area (Å²) in [4.78, 5) is 89.6. The Morgan fingerprint density at radius 1 is 0.947 bits per heavy atom. The van der Waals surface area contributed by atoms with E-state index in [1.54, 1.807) is 20.8 Å². The maximum atomic E-state index is 13.1. The summed E-state index contributed by atoms with van der Waals surface area (Å²) in [5, 5.41) is 6.03. The minimum atomic E-state index is -0.729. The normalized spacial score (nSPS) is 15.3. The van der Waals surface area contributed by atoms with Gasteiger partial charge in [0.25, 0.3) is 11.8 Å². The van der Waals surface area contributed by atoms with Gasteiger partial charge in [-0.25, -0.2) is 4.79 Å². The number of rotatable bonds is 16. The van der Waals surface area contributed by atoms with Gasteiger partial charge in [0.2, 0.25) is 11.8 Å². The Hall–Kier alpha value is -3.11. The SMILES string of the molecule is CC(=O)NCCC[C@H](NC(=O)[C@@H](CC(=O)CCCCC(=O)ON1C(=O)CCC1=O)C(C)C)C(=O)C(C)(C)C. The van der Waals surface area contributed by atoms with E-state index in [1.807, 2.05) is 13.8 Å². The zero-order chi connectivity index (χ0) is 29.0. The summed E-state index contributed by atoms with van der Waals surface area (Å²) < 4.78 is 0. The minimum Gasteiger partial charge on any atom is -0.356 e. The van der Waals surface area contributed by atoms with Gasteiger partial charge in [-0.3, -0.25) is 28.8 Å². The molecule has 1 aliphatic heterocycles. The quantitative estimate of drug-likeness (QED) is 0.225. The van der Waals surface area contributed by atoms with Crippen molar-refractivity contribution in [2.24, 2.45) is 17.3 Å². The monoisotopic (exact) mass is 537 g/mol. The van der Waals surface area contributed by atoms with Crippen molar-refractivity contribution in [2.45, 2.75) is 105 Å². The van der Waals surface area contributed by atoms with Crippen LogP contribution in [0.2, 0.25) is 0 Å². The molecule has 1 saturated heterocycles. The Bertz CT molecular complexity index is 890. The fourth-order valence-electron chi connectivity index (χ4n) is 4.02. The van der Waals surface area contributed by atoms with Crippen LogP contribution in [0.5, 0.6) is 0 Å². The minimum absolute atomic E-state index is 0.00699. The standard InChI is InChI=1S/C27H43N3O8/c1-17(2)20(26(37)29-21(25(36)27(4,5)6)11-9-15-28-18(3)31)16-19(32)10-7-8-12-24(35)38-30-22(33)13-14-23(30)34/h17,20-21H,7-16H2,1-6H3,(H,28,31)(H,29,37)/t20-,21-/m0/s1. The molecule has 0 aliphatic carbocycles. The predicted octanol–water partition coefficient (Wildman–Crippen LogP) is 2.40. The molecule has 0 spiro atoms. The Morgan fingerprint density at radius 3 is 2.05 bits per heavy atom. The number of imide groups is 1. The molecule has 0 aromatic rings. The van der Waals surface area contributed by atoms with Gasteiger partial charge in [0.1, 0.15) is 5.78 Å². The molecule has 0 bridgehead atoms. The van der Waals surface area contributed by atoms with Crippen LogP contribution in [0, 0.1) is 17.3 Å². The zero-order valence-electron chi connectivity index (χ0n) is 23.5. The van der Waals surface area contributed by atoms with Crippen molar-refractivity contribution in [3.8, 4) is 0 Å². The van der Waals surface area contributed by atoms with E-state index in [-0.39, 0.29) is 61.4 Å². The Kier molecular flexibility index (Phi) is 13.3. The lowest BCUT2D eigenvalue weighted by molar-refractivity contribution is -0.197. The van der Waals surface area contributed by atoms with Crippen molar-refractivity contribution in [1.82, 2.24) is 15.7 Å². The molecule has 2 N–H and O–H groups in total. The average Bonchev–Trinajstić information content (AvgIpc) is 3.12. The number of nitrogens with zero attached hydrogens (tertiary/aromatic N) is 1. The fraction of sp³-hybridized carbons (Fsp3) is 0.741. The van der Waals surface area contributed by atoms with Gasteiger partial charge in [-0.15, -0.1) is 5.06 Å². The number of Topliss-reactive ketones (excluding diaryl/α,β-unsaturated/α-hetero) is 2. The number of hydroxylamine groups is 2. The molecule has 1 aliphatic rings. The predicted molar refractivity (Wildman–Crippen MR) is 138 cm³/mol. The number of carbonyl (C=O) groups is 7. The number of unbranched alkanes of at least 4 members (excludes halogenated alkanes) is 1. The molecule has 11 heteroatoms. The van der Waals surface area contributed by atoms with Crippen molar-refractivity contribution in [3.05, 3.63) is 0 Å². The first-order valence-corrected chi connectivity index (χ1v) is 13.3. The zero-order valence-corrected chi connectivity index (χ0v) is 23.5. The third-order valence-corrected chi connectivity index (χ3v) is 6.29. The molecule has 0 aromatic heterocycles. The van der Waals surface area contributed by atoms with Crippen LogP contribution >= 0.6 is 0 Å². The van der Waals surface area contributed by atoms with E-state index < -0.39 is 35.2 Å². The summed E-state index contributed by atoms with van der Waals surface area (Å²) in [5.74, 6) is -3.36. The maximum absolute atomic E-state index is 13.1. The average molecular weight is 538 g/mol. The molecule has 0 unspecified atom stereocenters. The first kappa shape index (κ1) is 32.9. The van der Waals surface area contributed by atoms with Gasteiger partial charge >= 0.3 is 5.97 Å². The van der Waals surface area contributed by atoms with Crippen molar-refractivity contribution < 1.29 is 38.4 Å². The number of amides is 4. The lowest BCUT2D eigenvalue weighted by atomic mass is 9.83. The molecule has 0 aromatic carbocycles. The first-order chi connectivity index (χ1) is 17.6. The number of ketones is 2. The summed E-state index contributed by atoms with van der Waals surface area (Å²) in [6.45, 7) is 10.8. The van der Waals surface area contributed by atoms with Crippen LogP contribution in [0.4, 0.5) is 0 Å². The lowest BCUT2D eigenvalue weighted by Gasteiger charge is -2.28. The van der Waals surface area contributed by atoms with E-state index >= 15 is 0 Å². The molecule has 1 rings (SSSR count). The van der Waals surface area contributed by atoms with E-state index in [9.17, 15) is 33.6 Å². The molecule has 11 nitrogen and oxygen atoms in total. The van der Waals surface area contributed by atoms with Gasteiger partial charge in [0.15, 0.2) is 5.78 Å². The van der Waals surface area contributed by atoms with E-state index in [1.165, 1.54) is 6.92 Å². The summed E-state index contributed by atoms with van der Waals surface area (Å²) in [6, 6.07) is -0.729. The topological polar surface area (TPSA) is 156 Å². The summed E-state index contributed by atoms with van der Waals surface area (Å²) in [7, 11) is 0. The first-order valence-electron chi connectivity index (χ1n) is 13.3. The van der Waals surface area contributed by atoms with Crippen molar-refractivity contribution in [1.29, 1.82) is 0 Å². The molecule has 1 heterocycles. The summed E-state index contributed by atoms with van der Waals surface area (Å²) in [6.07, 6.45) is 1.76. The van der Waals surface area contributed by atoms with Crippen LogP contribution in [0.25, 0.3) is 0 Å². The van der Waals surface area contributed by atoms with E-state index in [2.05, 4.69) is 10.6 Å². The van der Waals surface area contributed by atoms with Gasteiger partial charge in [0.05, 0.1) is 6.04 Å². The van der Waals surface area contributed by atoms with Gasteiger partial charge in [0, 0.05) is 56.9 Å². The van der Waals surface area contributed by atoms with E-state index in [4.69, 9.17) is 4.84 Å². The lowest BCUT2D eigenvalue weighted by Crippen LogP contribution is -2.48. The van der Waals surface area contributed by atoms with Crippen LogP contribution in [-0.2, 0) is 38.4 Å². The second-order valence-corrected chi connectivity index (χ2v) is 11.1. The highest BCUT2D eigenvalue weighted by Crippen LogP contribution is 2.22. The molecule has 1 fully saturated rings. The summed E-state index contributed by atoms with van der Waals surface area (Å²) >= 11 is 0. The van der Waals surface area contributed by atoms with E-state index in [0.717, 1.165) is 0 Å². The van der Waals surface area contributed by atoms with E-state index in [0.29, 0.717) is 37.3 Å². The highest BCUT2D eigenvalue weighted by atomic mass is 16.7. The third kappa shape index (κ3) is 11.5. The molecular formula is C27H43N3O8. The highest BCUT2D eigenvalue weighted by molar-refractivity contribution is 6.01. The van der Waals surface area contributed by atoms with Gasteiger partial charge in [-0.1, -0.05) is 34.6 Å². The molecule has 0 saturated carbocycles. The summed E-state index contributed by atoms with van der Waals surface area (Å²) in [5.41, 5.74) is -0.675. The number of hydrogen-bond acceptors (Lipinski definition) is 8. The number of carbonyl (C=O) groups excluding carboxylic acids is 7. The number of hydrogen-bond donors (Lipinski definition) is 2.